The number of aliphatic hydroxyl groups excluding tert-OH is 1. The van der Waals surface area contributed by atoms with E-state index in [9.17, 15) is 9.90 Å². The first kappa shape index (κ1) is 22.0. The second-order valence-electron chi connectivity index (χ2n) is 8.12. The second kappa shape index (κ2) is 10.2. The largest absolute Gasteiger partial charge is 0.498 e. The van der Waals surface area contributed by atoms with Crippen LogP contribution in [0.2, 0.25) is 6.04 Å². The van der Waals surface area contributed by atoms with Gasteiger partial charge in [-0.15, -0.1) is 0 Å². The zero-order valence-corrected chi connectivity index (χ0v) is 17.3. The molecule has 6 nitrogen and oxygen atoms in total. The van der Waals surface area contributed by atoms with E-state index in [4.69, 9.17) is 8.85 Å². The van der Waals surface area contributed by atoms with Gasteiger partial charge in [-0.1, -0.05) is 13.3 Å². The van der Waals surface area contributed by atoms with Crippen LogP contribution in [0.4, 0.5) is 0 Å². The molecule has 0 aromatic rings. The predicted molar refractivity (Wildman–Crippen MR) is 98.5 cm³/mol. The highest BCUT2D eigenvalue weighted by molar-refractivity contribution is 6.59. The minimum absolute atomic E-state index is 0.170. The van der Waals surface area contributed by atoms with Gasteiger partial charge in [0.15, 0.2) is 0 Å². The topological polar surface area (TPSA) is 58.9 Å². The van der Waals surface area contributed by atoms with Crippen molar-refractivity contribution < 1.29 is 27.7 Å². The molecule has 0 spiro atoms. The molecule has 24 heavy (non-hydrogen) atoms. The van der Waals surface area contributed by atoms with Crippen LogP contribution in [0.1, 0.15) is 32.6 Å². The van der Waals surface area contributed by atoms with Gasteiger partial charge in [-0.3, -0.25) is 0 Å². The Hall–Kier alpha value is -0.0231. The highest BCUT2D eigenvalue weighted by Crippen LogP contribution is 2.18. The highest BCUT2D eigenvalue weighted by atomic mass is 28.4. The van der Waals surface area contributed by atoms with Crippen molar-refractivity contribution in [2.24, 2.45) is 0 Å². The number of aliphatic hydroxyl groups is 1. The standard InChI is InChI=1S/C17H40N2O4Si/c1-5-6-7-9-18(2,3)10-8-17-24(21)22-15-12-19(4,11-14-20)13-16-23-24/h20-21H,5-17H2,1-4H3/q+2. The molecule has 2 N–H and O–H groups in total. The molecular formula is C17H40N2O4Si+2. The minimum atomic E-state index is -3.03. The normalized spacial score (nSPS) is 29.2. The zero-order chi connectivity index (χ0) is 18.1. The molecule has 1 aliphatic rings. The number of likely N-dealkylation sites (N-methyl/N-ethyl adjacent to an activating group) is 1. The summed E-state index contributed by atoms with van der Waals surface area (Å²) in [6.45, 7) is 7.99. The zero-order valence-electron chi connectivity index (χ0n) is 16.3. The van der Waals surface area contributed by atoms with Crippen molar-refractivity contribution in [1.29, 1.82) is 0 Å². The quantitative estimate of drug-likeness (QED) is 0.346. The first-order chi connectivity index (χ1) is 11.2. The minimum Gasteiger partial charge on any atom is -0.391 e. The van der Waals surface area contributed by atoms with Gasteiger partial charge in [-0.2, -0.15) is 0 Å². The van der Waals surface area contributed by atoms with Crippen molar-refractivity contribution in [3.05, 3.63) is 0 Å². The van der Waals surface area contributed by atoms with E-state index in [1.54, 1.807) is 0 Å². The number of nitrogens with zero attached hydrogens (tertiary/aromatic N) is 2. The molecule has 1 rings (SSSR count). The summed E-state index contributed by atoms with van der Waals surface area (Å²) in [5.74, 6) is 0. The van der Waals surface area contributed by atoms with E-state index in [1.807, 2.05) is 0 Å². The molecule has 0 amide bonds. The lowest BCUT2D eigenvalue weighted by Crippen LogP contribution is -2.56. The lowest BCUT2D eigenvalue weighted by Gasteiger charge is -2.38. The monoisotopic (exact) mass is 364 g/mol. The third-order valence-corrected chi connectivity index (χ3v) is 7.48. The third kappa shape index (κ3) is 8.38. The summed E-state index contributed by atoms with van der Waals surface area (Å²) in [6.07, 6.45) is 4.74. The van der Waals surface area contributed by atoms with Crippen LogP contribution in [0.25, 0.3) is 0 Å². The summed E-state index contributed by atoms with van der Waals surface area (Å²) in [5, 5.41) is 9.18. The van der Waals surface area contributed by atoms with Crippen molar-refractivity contribution in [1.82, 2.24) is 0 Å². The van der Waals surface area contributed by atoms with E-state index < -0.39 is 8.80 Å². The maximum atomic E-state index is 10.7. The maximum absolute atomic E-state index is 10.7. The fourth-order valence-electron chi connectivity index (χ4n) is 3.25. The molecule has 144 valence electrons. The summed E-state index contributed by atoms with van der Waals surface area (Å²) in [7, 11) is 3.60. The number of rotatable bonds is 10. The maximum Gasteiger partial charge on any atom is 0.498 e. The molecule has 0 saturated carbocycles. The number of unbranched alkanes of at least 4 members (excludes halogenated alkanes) is 2. The van der Waals surface area contributed by atoms with Gasteiger partial charge in [0, 0.05) is 12.5 Å². The second-order valence-corrected chi connectivity index (χ2v) is 10.6. The van der Waals surface area contributed by atoms with Gasteiger partial charge in [0.1, 0.15) is 19.6 Å². The van der Waals surface area contributed by atoms with E-state index in [0.717, 1.165) is 35.0 Å². The van der Waals surface area contributed by atoms with Crippen molar-refractivity contribution in [3.63, 3.8) is 0 Å². The number of quaternary nitrogens is 2. The van der Waals surface area contributed by atoms with E-state index in [1.165, 1.54) is 25.8 Å². The van der Waals surface area contributed by atoms with Gasteiger partial charge < -0.3 is 27.7 Å². The molecule has 1 fully saturated rings. The molecule has 0 bridgehead atoms. The van der Waals surface area contributed by atoms with E-state index in [-0.39, 0.29) is 6.61 Å². The molecule has 1 saturated heterocycles. The van der Waals surface area contributed by atoms with E-state index in [0.29, 0.717) is 25.8 Å². The lowest BCUT2D eigenvalue weighted by atomic mass is 10.2. The van der Waals surface area contributed by atoms with Crippen LogP contribution in [-0.2, 0) is 8.85 Å². The van der Waals surface area contributed by atoms with Crippen LogP contribution in [0.3, 0.4) is 0 Å². The van der Waals surface area contributed by atoms with Crippen molar-refractivity contribution in [3.8, 4) is 0 Å². The summed E-state index contributed by atoms with van der Waals surface area (Å²) in [4.78, 5) is 10.7. The van der Waals surface area contributed by atoms with E-state index in [2.05, 4.69) is 28.1 Å². The summed E-state index contributed by atoms with van der Waals surface area (Å²) < 4.78 is 13.3. The molecule has 0 aromatic carbocycles. The average molecular weight is 365 g/mol. The first-order valence-electron chi connectivity index (χ1n) is 9.51. The molecule has 0 unspecified atom stereocenters. The van der Waals surface area contributed by atoms with Gasteiger partial charge in [0.05, 0.1) is 54.1 Å². The summed E-state index contributed by atoms with van der Waals surface area (Å²) in [5.41, 5.74) is 0. The Morgan fingerprint density at radius 1 is 1.04 bits per heavy atom. The van der Waals surface area contributed by atoms with Crippen LogP contribution in [0, 0.1) is 0 Å². The van der Waals surface area contributed by atoms with Crippen molar-refractivity contribution >= 4 is 8.80 Å². The molecule has 0 radical (unpaired) electrons. The van der Waals surface area contributed by atoms with Gasteiger partial charge in [0.25, 0.3) is 0 Å². The number of hydrogen-bond donors (Lipinski definition) is 2. The molecule has 1 heterocycles. The average Bonchev–Trinajstić information content (AvgIpc) is 2.46. The van der Waals surface area contributed by atoms with Gasteiger partial charge >= 0.3 is 8.80 Å². The smallest absolute Gasteiger partial charge is 0.391 e. The molecular weight excluding hydrogens is 324 g/mol. The van der Waals surface area contributed by atoms with Crippen LogP contribution < -0.4 is 0 Å². The Labute approximate surface area is 149 Å². The predicted octanol–water partition coefficient (Wildman–Crippen LogP) is 1.06. The first-order valence-corrected chi connectivity index (χ1v) is 11.5. The Bertz CT molecular complexity index is 345. The van der Waals surface area contributed by atoms with Gasteiger partial charge in [-0.05, 0) is 12.8 Å². The molecule has 0 aliphatic carbocycles. The van der Waals surface area contributed by atoms with Gasteiger partial charge in [-0.25, -0.2) is 0 Å². The van der Waals surface area contributed by atoms with E-state index >= 15 is 0 Å². The number of hydrogen-bond acceptors (Lipinski definition) is 4. The SMILES string of the molecule is CCCCC[N+](C)(C)CCC[Si]1(O)OCC[N+](C)(CCO)CCO1. The Morgan fingerprint density at radius 2 is 1.62 bits per heavy atom. The fourth-order valence-corrected chi connectivity index (χ4v) is 5.04. The van der Waals surface area contributed by atoms with Crippen molar-refractivity contribution in [2.45, 2.75) is 38.7 Å². The fraction of sp³-hybridized carbons (Fsp3) is 1.00. The Morgan fingerprint density at radius 3 is 2.17 bits per heavy atom. The molecule has 0 aromatic heterocycles. The lowest BCUT2D eigenvalue weighted by molar-refractivity contribution is -0.910. The van der Waals surface area contributed by atoms with Crippen LogP contribution in [0.5, 0.6) is 0 Å². The summed E-state index contributed by atoms with van der Waals surface area (Å²) in [6, 6.07) is 0.645. The highest BCUT2D eigenvalue weighted by Gasteiger charge is 2.40. The van der Waals surface area contributed by atoms with Crippen LogP contribution in [-0.4, -0.2) is 101 Å². The Kier molecular flexibility index (Phi) is 9.36. The van der Waals surface area contributed by atoms with Crippen LogP contribution in [0.15, 0.2) is 0 Å². The van der Waals surface area contributed by atoms with Crippen molar-refractivity contribution in [2.75, 3.05) is 73.7 Å². The van der Waals surface area contributed by atoms with Gasteiger partial charge in [0.2, 0.25) is 0 Å². The molecule has 0 atom stereocenters. The third-order valence-electron chi connectivity index (χ3n) is 5.18. The molecule has 1 aliphatic heterocycles. The van der Waals surface area contributed by atoms with Crippen LogP contribution >= 0.6 is 0 Å². The summed E-state index contributed by atoms with van der Waals surface area (Å²) >= 11 is 0. The molecule has 7 heteroatoms. The Balaban J connectivity index is 2.36.